The third kappa shape index (κ3) is 1.56. The van der Waals surface area contributed by atoms with E-state index in [0.29, 0.717) is 11.4 Å². The number of aliphatic hydroxyl groups excluding tert-OH is 1. The number of rotatable bonds is 2. The van der Waals surface area contributed by atoms with E-state index in [1.807, 2.05) is 6.07 Å². The van der Waals surface area contributed by atoms with E-state index in [1.54, 1.807) is 35.1 Å². The van der Waals surface area contributed by atoms with Crippen molar-refractivity contribution in [3.63, 3.8) is 0 Å². The first-order valence-corrected chi connectivity index (χ1v) is 5.48. The number of aromatic nitrogens is 3. The highest BCUT2D eigenvalue weighted by Gasteiger charge is 2.15. The van der Waals surface area contributed by atoms with Crippen LogP contribution in [0.5, 0.6) is 0 Å². The van der Waals surface area contributed by atoms with Gasteiger partial charge in [-0.15, -0.1) is 0 Å². The summed E-state index contributed by atoms with van der Waals surface area (Å²) >= 11 is 0. The van der Waals surface area contributed by atoms with Crippen LogP contribution in [0.2, 0.25) is 0 Å². The van der Waals surface area contributed by atoms with Gasteiger partial charge in [0.05, 0.1) is 18.0 Å². The molecule has 0 atom stereocenters. The van der Waals surface area contributed by atoms with Gasteiger partial charge in [-0.25, -0.2) is 9.37 Å². The molecule has 90 valence electrons. The third-order valence-electron chi connectivity index (χ3n) is 2.79. The van der Waals surface area contributed by atoms with Gasteiger partial charge < -0.3 is 5.11 Å². The SMILES string of the molecule is OCc1c(-c2cccnc2)nc2c(F)cccn12. The number of hydrogen-bond acceptors (Lipinski definition) is 3. The summed E-state index contributed by atoms with van der Waals surface area (Å²) in [6.07, 6.45) is 4.97. The summed E-state index contributed by atoms with van der Waals surface area (Å²) in [5.74, 6) is -0.414. The van der Waals surface area contributed by atoms with Crippen LogP contribution in [0, 0.1) is 5.82 Å². The van der Waals surface area contributed by atoms with Crippen molar-refractivity contribution in [1.29, 1.82) is 0 Å². The van der Waals surface area contributed by atoms with E-state index in [4.69, 9.17) is 0 Å². The van der Waals surface area contributed by atoms with E-state index < -0.39 is 5.82 Å². The predicted molar refractivity (Wildman–Crippen MR) is 64.3 cm³/mol. The van der Waals surface area contributed by atoms with Crippen LogP contribution in [0.4, 0.5) is 4.39 Å². The largest absolute Gasteiger partial charge is 0.390 e. The molecule has 0 saturated carbocycles. The second-order valence-corrected chi connectivity index (χ2v) is 3.86. The maximum absolute atomic E-state index is 13.7. The number of halogens is 1. The van der Waals surface area contributed by atoms with Gasteiger partial charge in [0, 0.05) is 24.2 Å². The molecule has 5 heteroatoms. The summed E-state index contributed by atoms with van der Waals surface area (Å²) in [7, 11) is 0. The zero-order valence-corrected chi connectivity index (χ0v) is 9.42. The minimum Gasteiger partial charge on any atom is -0.390 e. The Morgan fingerprint density at radius 1 is 1.28 bits per heavy atom. The molecule has 0 fully saturated rings. The molecule has 3 rings (SSSR count). The number of fused-ring (bicyclic) bond motifs is 1. The van der Waals surface area contributed by atoms with Gasteiger partial charge >= 0.3 is 0 Å². The Kier molecular flexibility index (Phi) is 2.53. The monoisotopic (exact) mass is 243 g/mol. The molecule has 4 nitrogen and oxygen atoms in total. The molecular formula is C13H10FN3O. The molecule has 0 spiro atoms. The molecule has 0 aliphatic rings. The molecule has 0 unspecified atom stereocenters. The van der Waals surface area contributed by atoms with Crippen LogP contribution in [0.1, 0.15) is 5.69 Å². The smallest absolute Gasteiger partial charge is 0.174 e. The summed E-state index contributed by atoms with van der Waals surface area (Å²) in [6.45, 7) is -0.213. The lowest BCUT2D eigenvalue weighted by atomic mass is 10.2. The summed E-state index contributed by atoms with van der Waals surface area (Å²) < 4.78 is 15.2. The van der Waals surface area contributed by atoms with Crippen LogP contribution in [0.25, 0.3) is 16.9 Å². The second kappa shape index (κ2) is 4.19. The molecule has 0 aliphatic heterocycles. The topological polar surface area (TPSA) is 50.4 Å². The number of pyridine rings is 2. The van der Waals surface area contributed by atoms with Gasteiger partial charge in [0.1, 0.15) is 0 Å². The van der Waals surface area contributed by atoms with Crippen molar-refractivity contribution in [2.45, 2.75) is 6.61 Å². The molecular weight excluding hydrogens is 233 g/mol. The first-order valence-electron chi connectivity index (χ1n) is 5.48. The third-order valence-corrected chi connectivity index (χ3v) is 2.79. The molecule has 0 bridgehead atoms. The normalized spacial score (nSPS) is 11.0. The molecule has 0 aliphatic carbocycles. The van der Waals surface area contributed by atoms with E-state index in [0.717, 1.165) is 5.56 Å². The van der Waals surface area contributed by atoms with E-state index in [2.05, 4.69) is 9.97 Å². The van der Waals surface area contributed by atoms with Gasteiger partial charge in [0.2, 0.25) is 0 Å². The van der Waals surface area contributed by atoms with Crippen LogP contribution in [0.3, 0.4) is 0 Å². The first-order chi connectivity index (χ1) is 8.81. The quantitative estimate of drug-likeness (QED) is 0.749. The highest BCUT2D eigenvalue weighted by Crippen LogP contribution is 2.24. The lowest BCUT2D eigenvalue weighted by Gasteiger charge is -2.00. The Hall–Kier alpha value is -2.27. The fourth-order valence-electron chi connectivity index (χ4n) is 1.97. The van der Waals surface area contributed by atoms with E-state index >= 15 is 0 Å². The van der Waals surface area contributed by atoms with Gasteiger partial charge in [-0.2, -0.15) is 0 Å². The molecule has 0 saturated heterocycles. The average molecular weight is 243 g/mol. The summed E-state index contributed by atoms with van der Waals surface area (Å²) in [5, 5.41) is 9.45. The van der Waals surface area contributed by atoms with Crippen molar-refractivity contribution < 1.29 is 9.50 Å². The van der Waals surface area contributed by atoms with Gasteiger partial charge in [-0.3, -0.25) is 9.38 Å². The zero-order valence-electron chi connectivity index (χ0n) is 9.42. The van der Waals surface area contributed by atoms with Gasteiger partial charge in [-0.05, 0) is 24.3 Å². The van der Waals surface area contributed by atoms with Crippen LogP contribution in [-0.4, -0.2) is 19.5 Å². The molecule has 3 heterocycles. The van der Waals surface area contributed by atoms with Gasteiger partial charge in [0.25, 0.3) is 0 Å². The number of nitrogens with zero attached hydrogens (tertiary/aromatic N) is 3. The number of hydrogen-bond donors (Lipinski definition) is 1. The van der Waals surface area contributed by atoms with Crippen molar-refractivity contribution in [3.8, 4) is 11.3 Å². The molecule has 0 radical (unpaired) electrons. The second-order valence-electron chi connectivity index (χ2n) is 3.86. The zero-order chi connectivity index (χ0) is 12.5. The molecule has 3 aromatic rings. The lowest BCUT2D eigenvalue weighted by molar-refractivity contribution is 0.276. The maximum Gasteiger partial charge on any atom is 0.174 e. The fourth-order valence-corrected chi connectivity index (χ4v) is 1.97. The fraction of sp³-hybridized carbons (Fsp3) is 0.0769. The Bertz CT molecular complexity index is 694. The summed E-state index contributed by atoms with van der Waals surface area (Å²) in [5.41, 5.74) is 2.07. The standard InChI is InChI=1S/C13H10FN3O/c14-10-4-2-6-17-11(8-18)12(16-13(10)17)9-3-1-5-15-7-9/h1-7,18H,8H2. The van der Waals surface area contributed by atoms with Crippen molar-refractivity contribution in [1.82, 2.24) is 14.4 Å². The highest BCUT2D eigenvalue weighted by molar-refractivity contribution is 5.65. The average Bonchev–Trinajstić information content (AvgIpc) is 2.80. The number of aliphatic hydroxyl groups is 1. The first kappa shape index (κ1) is 10.9. The van der Waals surface area contributed by atoms with Crippen molar-refractivity contribution in [2.24, 2.45) is 0 Å². The van der Waals surface area contributed by atoms with Crippen LogP contribution in [0.15, 0.2) is 42.9 Å². The lowest BCUT2D eigenvalue weighted by Crippen LogP contribution is -1.94. The van der Waals surface area contributed by atoms with Crippen molar-refractivity contribution in [2.75, 3.05) is 0 Å². The van der Waals surface area contributed by atoms with Gasteiger partial charge in [-0.1, -0.05) is 0 Å². The minimum absolute atomic E-state index is 0.209. The Morgan fingerprint density at radius 2 is 2.17 bits per heavy atom. The highest BCUT2D eigenvalue weighted by atomic mass is 19.1. The number of imidazole rings is 1. The van der Waals surface area contributed by atoms with E-state index in [1.165, 1.54) is 6.07 Å². The molecule has 1 N–H and O–H groups in total. The Balaban J connectivity index is 2.33. The van der Waals surface area contributed by atoms with Crippen LogP contribution < -0.4 is 0 Å². The Labute approximate surface area is 102 Å². The predicted octanol–water partition coefficient (Wildman–Crippen LogP) is 2.03. The molecule has 18 heavy (non-hydrogen) atoms. The van der Waals surface area contributed by atoms with Crippen LogP contribution in [-0.2, 0) is 6.61 Å². The summed E-state index contributed by atoms with van der Waals surface area (Å²) in [4.78, 5) is 8.25. The maximum atomic E-state index is 13.7. The molecule has 0 aromatic carbocycles. The van der Waals surface area contributed by atoms with Crippen molar-refractivity contribution in [3.05, 3.63) is 54.4 Å². The summed E-state index contributed by atoms with van der Waals surface area (Å²) in [6, 6.07) is 6.52. The Morgan fingerprint density at radius 3 is 2.89 bits per heavy atom. The van der Waals surface area contributed by atoms with Crippen molar-refractivity contribution >= 4 is 5.65 Å². The van der Waals surface area contributed by atoms with E-state index in [9.17, 15) is 9.50 Å². The van der Waals surface area contributed by atoms with E-state index in [-0.39, 0.29) is 12.3 Å². The molecule has 0 amide bonds. The van der Waals surface area contributed by atoms with Crippen LogP contribution >= 0.6 is 0 Å². The molecule has 3 aromatic heterocycles. The van der Waals surface area contributed by atoms with Gasteiger partial charge in [0.15, 0.2) is 11.5 Å². The minimum atomic E-state index is -0.414.